The van der Waals surface area contributed by atoms with E-state index in [2.05, 4.69) is 17.1 Å². The molecule has 1 unspecified atom stereocenters. The second-order valence-electron chi connectivity index (χ2n) is 5.10. The molecule has 0 aromatic carbocycles. The summed E-state index contributed by atoms with van der Waals surface area (Å²) in [5.74, 6) is 2.46. The minimum absolute atomic E-state index is 0.0246. The van der Waals surface area contributed by atoms with Crippen LogP contribution >= 0.6 is 11.8 Å². The van der Waals surface area contributed by atoms with Gasteiger partial charge in [0, 0.05) is 30.0 Å². The SMILES string of the molecule is CC1CSCCN1C(=O)c1n[nH]c(C2CC2)c1N. The number of carbonyl (C=O) groups is 1. The van der Waals surface area contributed by atoms with E-state index in [1.165, 1.54) is 0 Å². The summed E-state index contributed by atoms with van der Waals surface area (Å²) >= 11 is 1.89. The zero-order valence-electron chi connectivity index (χ0n) is 10.5. The van der Waals surface area contributed by atoms with Crippen LogP contribution in [0.25, 0.3) is 0 Å². The summed E-state index contributed by atoms with van der Waals surface area (Å²) < 4.78 is 0. The molecule has 1 saturated carbocycles. The van der Waals surface area contributed by atoms with Gasteiger partial charge in [-0.1, -0.05) is 0 Å². The summed E-state index contributed by atoms with van der Waals surface area (Å²) in [4.78, 5) is 14.3. The lowest BCUT2D eigenvalue weighted by Crippen LogP contribution is -2.44. The van der Waals surface area contributed by atoms with Gasteiger partial charge in [0.15, 0.2) is 5.69 Å². The highest BCUT2D eigenvalue weighted by Gasteiger charge is 2.33. The molecule has 98 valence electrons. The first-order valence-electron chi connectivity index (χ1n) is 6.41. The van der Waals surface area contributed by atoms with Crippen LogP contribution < -0.4 is 5.73 Å². The number of aromatic amines is 1. The molecule has 18 heavy (non-hydrogen) atoms. The van der Waals surface area contributed by atoms with Crippen LogP contribution in [-0.2, 0) is 0 Å². The van der Waals surface area contributed by atoms with Gasteiger partial charge in [-0.3, -0.25) is 9.89 Å². The third-order valence-corrected chi connectivity index (χ3v) is 4.84. The molecule has 0 spiro atoms. The molecule has 1 aromatic rings. The van der Waals surface area contributed by atoms with Crippen molar-refractivity contribution >= 4 is 23.4 Å². The van der Waals surface area contributed by atoms with Crippen molar-refractivity contribution in [2.24, 2.45) is 0 Å². The van der Waals surface area contributed by atoms with E-state index in [0.29, 0.717) is 17.3 Å². The molecule has 5 nitrogen and oxygen atoms in total. The van der Waals surface area contributed by atoms with E-state index in [9.17, 15) is 4.79 Å². The molecule has 3 rings (SSSR count). The van der Waals surface area contributed by atoms with E-state index < -0.39 is 0 Å². The van der Waals surface area contributed by atoms with Crippen LogP contribution in [0.5, 0.6) is 0 Å². The lowest BCUT2D eigenvalue weighted by molar-refractivity contribution is 0.0711. The zero-order chi connectivity index (χ0) is 12.7. The Hall–Kier alpha value is -1.17. The number of nitrogen functional groups attached to an aromatic ring is 1. The zero-order valence-corrected chi connectivity index (χ0v) is 11.3. The topological polar surface area (TPSA) is 75.0 Å². The molecule has 3 N–H and O–H groups in total. The van der Waals surface area contributed by atoms with Gasteiger partial charge in [-0.15, -0.1) is 0 Å². The maximum absolute atomic E-state index is 12.4. The number of amides is 1. The maximum Gasteiger partial charge on any atom is 0.276 e. The number of rotatable bonds is 2. The highest BCUT2D eigenvalue weighted by molar-refractivity contribution is 7.99. The van der Waals surface area contributed by atoms with Crippen molar-refractivity contribution in [2.45, 2.75) is 31.7 Å². The Morgan fingerprint density at radius 3 is 3.00 bits per heavy atom. The lowest BCUT2D eigenvalue weighted by Gasteiger charge is -2.32. The summed E-state index contributed by atoms with van der Waals surface area (Å²) in [5.41, 5.74) is 7.98. The van der Waals surface area contributed by atoms with Crippen molar-refractivity contribution in [3.63, 3.8) is 0 Å². The van der Waals surface area contributed by atoms with Crippen molar-refractivity contribution in [3.8, 4) is 0 Å². The monoisotopic (exact) mass is 266 g/mol. The standard InChI is InChI=1S/C12H18N4OS/c1-7-6-18-5-4-16(7)12(17)11-9(13)10(14-15-11)8-2-3-8/h7-8H,2-6,13H2,1H3,(H,14,15). The number of hydrogen-bond donors (Lipinski definition) is 2. The fourth-order valence-corrected chi connectivity index (χ4v) is 3.39. The van der Waals surface area contributed by atoms with Crippen LogP contribution in [0.1, 0.15) is 41.9 Å². The average molecular weight is 266 g/mol. The third kappa shape index (κ3) is 1.98. The number of H-pyrrole nitrogens is 1. The minimum atomic E-state index is -0.0246. The second kappa shape index (κ2) is 4.50. The minimum Gasteiger partial charge on any atom is -0.395 e. The van der Waals surface area contributed by atoms with Crippen LogP contribution in [0.2, 0.25) is 0 Å². The number of nitrogens with one attached hydrogen (secondary N) is 1. The normalized spacial score (nSPS) is 24.3. The Balaban J connectivity index is 1.82. The number of nitrogens with zero attached hydrogens (tertiary/aromatic N) is 2. The Labute approximate surface area is 110 Å². The lowest BCUT2D eigenvalue weighted by atomic mass is 10.2. The number of anilines is 1. The molecule has 6 heteroatoms. The Kier molecular flexibility index (Phi) is 2.97. The van der Waals surface area contributed by atoms with Gasteiger partial charge >= 0.3 is 0 Å². The van der Waals surface area contributed by atoms with Crippen molar-refractivity contribution in [1.82, 2.24) is 15.1 Å². The Morgan fingerprint density at radius 1 is 1.56 bits per heavy atom. The van der Waals surface area contributed by atoms with E-state index in [1.807, 2.05) is 16.7 Å². The molecule has 1 aromatic heterocycles. The highest BCUT2D eigenvalue weighted by atomic mass is 32.2. The largest absolute Gasteiger partial charge is 0.395 e. The summed E-state index contributed by atoms with van der Waals surface area (Å²) in [6.45, 7) is 2.87. The number of nitrogens with two attached hydrogens (primary N) is 1. The van der Waals surface area contributed by atoms with Crippen molar-refractivity contribution in [3.05, 3.63) is 11.4 Å². The van der Waals surface area contributed by atoms with Gasteiger partial charge in [0.2, 0.25) is 0 Å². The molecule has 1 aliphatic carbocycles. The predicted octanol–water partition coefficient (Wildman–Crippen LogP) is 1.45. The molecule has 2 fully saturated rings. The molecule has 0 radical (unpaired) electrons. The fourth-order valence-electron chi connectivity index (χ4n) is 2.38. The predicted molar refractivity (Wildman–Crippen MR) is 72.8 cm³/mol. The number of thioether (sulfide) groups is 1. The smallest absolute Gasteiger partial charge is 0.276 e. The fraction of sp³-hybridized carbons (Fsp3) is 0.667. The number of hydrogen-bond acceptors (Lipinski definition) is 4. The molecule has 1 aliphatic heterocycles. The summed E-state index contributed by atoms with van der Waals surface area (Å²) in [7, 11) is 0. The van der Waals surface area contributed by atoms with Gasteiger partial charge in [-0.25, -0.2) is 0 Å². The Bertz CT molecular complexity index is 469. The first-order valence-corrected chi connectivity index (χ1v) is 7.56. The van der Waals surface area contributed by atoms with E-state index in [-0.39, 0.29) is 11.9 Å². The Morgan fingerprint density at radius 2 is 2.33 bits per heavy atom. The second-order valence-corrected chi connectivity index (χ2v) is 6.25. The van der Waals surface area contributed by atoms with Crippen LogP contribution in [0, 0.1) is 0 Å². The van der Waals surface area contributed by atoms with Gasteiger partial charge in [0.05, 0.1) is 11.4 Å². The first kappa shape index (κ1) is 11.9. The summed E-state index contributed by atoms with van der Waals surface area (Å²) in [6, 6.07) is 0.261. The molecule has 1 atom stereocenters. The maximum atomic E-state index is 12.4. The van der Waals surface area contributed by atoms with E-state index in [0.717, 1.165) is 36.6 Å². The van der Waals surface area contributed by atoms with Crippen molar-refractivity contribution in [2.75, 3.05) is 23.8 Å². The van der Waals surface area contributed by atoms with E-state index in [1.54, 1.807) is 0 Å². The van der Waals surface area contributed by atoms with Crippen LogP contribution in [0.3, 0.4) is 0 Å². The van der Waals surface area contributed by atoms with Crippen LogP contribution in [-0.4, -0.2) is 45.1 Å². The van der Waals surface area contributed by atoms with Gasteiger partial charge in [-0.2, -0.15) is 16.9 Å². The summed E-state index contributed by atoms with van der Waals surface area (Å²) in [5, 5.41) is 7.08. The molecule has 1 saturated heterocycles. The van der Waals surface area contributed by atoms with Crippen molar-refractivity contribution in [1.29, 1.82) is 0 Å². The van der Waals surface area contributed by atoms with E-state index >= 15 is 0 Å². The number of carbonyl (C=O) groups excluding carboxylic acids is 1. The van der Waals surface area contributed by atoms with E-state index in [4.69, 9.17) is 5.73 Å². The third-order valence-electron chi connectivity index (χ3n) is 3.65. The quantitative estimate of drug-likeness (QED) is 0.849. The molecule has 0 bridgehead atoms. The molecular weight excluding hydrogens is 248 g/mol. The number of aromatic nitrogens is 2. The summed E-state index contributed by atoms with van der Waals surface area (Å²) in [6.07, 6.45) is 2.30. The average Bonchev–Trinajstić information content (AvgIpc) is 3.13. The van der Waals surface area contributed by atoms with Crippen LogP contribution in [0.15, 0.2) is 0 Å². The van der Waals surface area contributed by atoms with Crippen molar-refractivity contribution < 1.29 is 4.79 Å². The first-order chi connectivity index (χ1) is 8.68. The highest BCUT2D eigenvalue weighted by Crippen LogP contribution is 2.42. The van der Waals surface area contributed by atoms with Gasteiger partial charge in [-0.05, 0) is 19.8 Å². The van der Waals surface area contributed by atoms with Gasteiger partial charge in [0.1, 0.15) is 0 Å². The molecular formula is C12H18N4OS. The molecule has 1 amide bonds. The molecule has 2 heterocycles. The van der Waals surface area contributed by atoms with Gasteiger partial charge < -0.3 is 10.6 Å². The van der Waals surface area contributed by atoms with Crippen LogP contribution in [0.4, 0.5) is 5.69 Å². The van der Waals surface area contributed by atoms with Gasteiger partial charge in [0.25, 0.3) is 5.91 Å². The molecule has 2 aliphatic rings.